The summed E-state index contributed by atoms with van der Waals surface area (Å²) in [6.07, 6.45) is -3.55. The molecule has 0 radical (unpaired) electrons. The lowest BCUT2D eigenvalue weighted by molar-refractivity contribution is -0.204. The van der Waals surface area contributed by atoms with E-state index in [9.17, 15) is 22.8 Å². The molecule has 1 aliphatic carbocycles. The summed E-state index contributed by atoms with van der Waals surface area (Å²) in [4.78, 5) is 22.3. The Balaban J connectivity index is 2.41. The molecule has 1 saturated carbocycles. The molecule has 0 spiro atoms. The number of carbonyl (C=O) groups excluding carboxylic acids is 2. The second-order valence-electron chi connectivity index (χ2n) is 4.25. The first-order valence-electron chi connectivity index (χ1n) is 5.38. The fourth-order valence-electron chi connectivity index (χ4n) is 1.67. The molecule has 0 aromatic rings. The number of halogens is 3. The lowest BCUT2D eigenvalue weighted by Crippen LogP contribution is -2.43. The fraction of sp³-hybridized carbons (Fsp3) is 0.636. The number of alkyl halides is 3. The van der Waals surface area contributed by atoms with Gasteiger partial charge in [-0.15, -0.1) is 0 Å². The predicted molar refractivity (Wildman–Crippen MR) is 56.2 cm³/mol. The maximum atomic E-state index is 12.2. The van der Waals surface area contributed by atoms with Crippen LogP contribution in [0.1, 0.15) is 19.8 Å². The molecule has 1 aliphatic rings. The van der Waals surface area contributed by atoms with Crippen LogP contribution in [-0.4, -0.2) is 25.2 Å². The zero-order valence-corrected chi connectivity index (χ0v) is 10.0. The minimum atomic E-state index is -4.23. The van der Waals surface area contributed by atoms with E-state index in [2.05, 4.69) is 10.1 Å². The van der Waals surface area contributed by atoms with Gasteiger partial charge >= 0.3 is 12.1 Å². The topological polar surface area (TPSA) is 55.4 Å². The van der Waals surface area contributed by atoms with Crippen LogP contribution in [0.25, 0.3) is 0 Å². The van der Waals surface area contributed by atoms with Gasteiger partial charge in [-0.2, -0.15) is 13.2 Å². The third-order valence-corrected chi connectivity index (χ3v) is 2.83. The molecule has 7 heteroatoms. The van der Waals surface area contributed by atoms with Crippen molar-refractivity contribution in [2.24, 2.45) is 11.8 Å². The number of ether oxygens (including phenoxy) is 1. The Hall–Kier alpha value is -1.53. The molecule has 0 saturated heterocycles. The highest BCUT2D eigenvalue weighted by atomic mass is 19.4. The molecule has 0 aromatic carbocycles. The Labute approximate surface area is 102 Å². The van der Waals surface area contributed by atoms with Crippen molar-refractivity contribution in [1.29, 1.82) is 0 Å². The number of esters is 1. The first kappa shape index (κ1) is 14.5. The number of carbonyl (C=O) groups is 2. The summed E-state index contributed by atoms with van der Waals surface area (Å²) < 4.78 is 41.0. The van der Waals surface area contributed by atoms with Gasteiger partial charge in [0.2, 0.25) is 5.91 Å². The summed E-state index contributed by atoms with van der Waals surface area (Å²) in [6, 6.07) is 0. The number of amides is 1. The summed E-state index contributed by atoms with van der Waals surface area (Å²) in [5.41, 5.74) is 0.252. The summed E-state index contributed by atoms with van der Waals surface area (Å²) in [7, 11) is 1.19. The number of rotatable bonds is 3. The van der Waals surface area contributed by atoms with Crippen molar-refractivity contribution in [3.8, 4) is 0 Å². The van der Waals surface area contributed by atoms with Crippen molar-refractivity contribution in [3.63, 3.8) is 0 Å². The van der Waals surface area contributed by atoms with Gasteiger partial charge in [-0.05, 0) is 19.8 Å². The lowest BCUT2D eigenvalue weighted by atomic mass is 9.74. The summed E-state index contributed by atoms with van der Waals surface area (Å²) in [6.45, 7) is 1.47. The number of hydrogen-bond donors (Lipinski definition) is 1. The van der Waals surface area contributed by atoms with E-state index in [1.54, 1.807) is 0 Å². The highest BCUT2D eigenvalue weighted by Gasteiger charge is 2.49. The smallest absolute Gasteiger partial charge is 0.391 e. The Bertz CT molecular complexity index is 370. The van der Waals surface area contributed by atoms with Crippen LogP contribution in [-0.2, 0) is 14.3 Å². The average molecular weight is 265 g/mol. The number of methoxy groups -OCH3 is 1. The summed E-state index contributed by atoms with van der Waals surface area (Å²) in [5.74, 6) is -3.15. The van der Waals surface area contributed by atoms with Gasteiger partial charge in [0, 0.05) is 17.7 Å². The van der Waals surface area contributed by atoms with E-state index in [-0.39, 0.29) is 18.5 Å². The molecule has 1 amide bonds. The molecule has 0 bridgehead atoms. The summed E-state index contributed by atoms with van der Waals surface area (Å²) in [5, 5.41) is 2.37. The van der Waals surface area contributed by atoms with Crippen molar-refractivity contribution in [1.82, 2.24) is 5.32 Å². The molecule has 0 heterocycles. The van der Waals surface area contributed by atoms with Crippen LogP contribution in [0.5, 0.6) is 0 Å². The molecule has 18 heavy (non-hydrogen) atoms. The van der Waals surface area contributed by atoms with E-state index in [1.807, 2.05) is 0 Å². The molecule has 102 valence electrons. The van der Waals surface area contributed by atoms with E-state index < -0.39 is 29.9 Å². The van der Waals surface area contributed by atoms with Crippen LogP contribution in [0.4, 0.5) is 13.2 Å². The molecule has 1 rings (SSSR count). The molecule has 1 N–H and O–H groups in total. The molecule has 1 fully saturated rings. The molecule has 4 nitrogen and oxygen atoms in total. The minimum Gasteiger partial charge on any atom is -0.466 e. The van der Waals surface area contributed by atoms with E-state index in [1.165, 1.54) is 14.0 Å². The highest BCUT2D eigenvalue weighted by molar-refractivity contribution is 5.85. The zero-order valence-electron chi connectivity index (χ0n) is 10.0. The molecule has 0 unspecified atom stereocenters. The van der Waals surface area contributed by atoms with Crippen molar-refractivity contribution >= 4 is 11.9 Å². The fourth-order valence-corrected chi connectivity index (χ4v) is 1.67. The third kappa shape index (κ3) is 3.75. The van der Waals surface area contributed by atoms with Gasteiger partial charge in [0.25, 0.3) is 0 Å². The molecule has 0 aliphatic heterocycles. The van der Waals surface area contributed by atoms with Gasteiger partial charge in [-0.3, -0.25) is 4.79 Å². The number of nitrogens with one attached hydrogen (secondary N) is 1. The van der Waals surface area contributed by atoms with Gasteiger partial charge < -0.3 is 10.1 Å². The predicted octanol–water partition coefficient (Wildman–Crippen LogP) is 1.77. The van der Waals surface area contributed by atoms with E-state index in [0.29, 0.717) is 0 Å². The van der Waals surface area contributed by atoms with Crippen molar-refractivity contribution < 1.29 is 27.5 Å². The van der Waals surface area contributed by atoms with Crippen LogP contribution < -0.4 is 5.32 Å². The monoisotopic (exact) mass is 265 g/mol. The van der Waals surface area contributed by atoms with Gasteiger partial charge in [0.1, 0.15) is 0 Å². The maximum Gasteiger partial charge on any atom is 0.391 e. The van der Waals surface area contributed by atoms with Gasteiger partial charge in [-0.1, -0.05) is 0 Å². The van der Waals surface area contributed by atoms with E-state index in [0.717, 1.165) is 6.08 Å². The highest BCUT2D eigenvalue weighted by Crippen LogP contribution is 2.44. The Morgan fingerprint density at radius 2 is 1.89 bits per heavy atom. The molecule has 0 atom stereocenters. The largest absolute Gasteiger partial charge is 0.466 e. The van der Waals surface area contributed by atoms with Gasteiger partial charge in [0.15, 0.2) is 0 Å². The van der Waals surface area contributed by atoms with Gasteiger partial charge in [0.05, 0.1) is 13.0 Å². The van der Waals surface area contributed by atoms with Crippen LogP contribution in [0.3, 0.4) is 0 Å². The first-order valence-corrected chi connectivity index (χ1v) is 5.38. The van der Waals surface area contributed by atoms with Crippen LogP contribution in [0.15, 0.2) is 11.8 Å². The normalized spacial score (nSPS) is 24.2. The number of hydrogen-bond acceptors (Lipinski definition) is 3. The van der Waals surface area contributed by atoms with Crippen LogP contribution in [0.2, 0.25) is 0 Å². The standard InChI is InChI=1S/C11H14F3NO3/c1-6(3-9(16)18-2)15-10(17)7-4-8(5-7)11(12,13)14/h3,7-8H,4-5H2,1-2H3,(H,15,17)/b6-3-. The van der Waals surface area contributed by atoms with E-state index in [4.69, 9.17) is 0 Å². The van der Waals surface area contributed by atoms with Crippen LogP contribution in [0, 0.1) is 11.8 Å². The van der Waals surface area contributed by atoms with Gasteiger partial charge in [-0.25, -0.2) is 4.79 Å². The quantitative estimate of drug-likeness (QED) is 0.625. The first-order chi connectivity index (χ1) is 8.24. The lowest BCUT2D eigenvalue weighted by Gasteiger charge is -2.35. The van der Waals surface area contributed by atoms with Crippen molar-refractivity contribution in [2.75, 3.05) is 7.11 Å². The van der Waals surface area contributed by atoms with Crippen molar-refractivity contribution in [2.45, 2.75) is 25.9 Å². The van der Waals surface area contributed by atoms with Crippen molar-refractivity contribution in [3.05, 3.63) is 11.8 Å². The van der Waals surface area contributed by atoms with Crippen LogP contribution >= 0.6 is 0 Å². The molecule has 0 aromatic heterocycles. The second kappa shape index (κ2) is 5.41. The molecular weight excluding hydrogens is 251 g/mol. The SMILES string of the molecule is COC(=O)/C=C(/C)NC(=O)C1CC(C(F)(F)F)C1. The summed E-state index contributed by atoms with van der Waals surface area (Å²) >= 11 is 0. The molecular formula is C11H14F3NO3. The number of allylic oxidation sites excluding steroid dienone is 1. The third-order valence-electron chi connectivity index (χ3n) is 2.83. The zero-order chi connectivity index (χ0) is 13.9. The minimum absolute atomic E-state index is 0.194. The average Bonchev–Trinajstić information content (AvgIpc) is 2.11. The second-order valence-corrected chi connectivity index (χ2v) is 4.25. The Kier molecular flexibility index (Phi) is 4.37. The Morgan fingerprint density at radius 1 is 1.33 bits per heavy atom. The maximum absolute atomic E-state index is 12.2. The Morgan fingerprint density at radius 3 is 2.33 bits per heavy atom. The van der Waals surface area contributed by atoms with E-state index >= 15 is 0 Å².